The molecule has 0 bridgehead atoms. The minimum atomic E-state index is 0.969. The molecule has 1 saturated carbocycles. The average molecular weight is 250 g/mol. The molecule has 2 rings (SSSR count). The fourth-order valence-electron chi connectivity index (χ4n) is 2.38. The van der Waals surface area contributed by atoms with Crippen LogP contribution in [-0.2, 0) is 5.75 Å². The highest BCUT2D eigenvalue weighted by atomic mass is 32.2. The summed E-state index contributed by atoms with van der Waals surface area (Å²) in [4.78, 5) is 4.42. The second kappa shape index (κ2) is 6.90. The third-order valence-corrected chi connectivity index (χ3v) is 4.48. The number of nitrogens with zero attached hydrogens (tertiary/aromatic N) is 1. The van der Waals surface area contributed by atoms with Crippen molar-refractivity contribution >= 4 is 17.4 Å². The van der Waals surface area contributed by atoms with E-state index in [1.165, 1.54) is 42.8 Å². The molecule has 1 aliphatic carbocycles. The van der Waals surface area contributed by atoms with Gasteiger partial charge in [0.2, 0.25) is 0 Å². The van der Waals surface area contributed by atoms with Crippen LogP contribution >= 0.6 is 11.8 Å². The zero-order valence-electron chi connectivity index (χ0n) is 10.6. The highest BCUT2D eigenvalue weighted by molar-refractivity contribution is 7.98. The van der Waals surface area contributed by atoms with E-state index in [0.717, 1.165) is 18.2 Å². The maximum Gasteiger partial charge on any atom is 0.0523 e. The van der Waals surface area contributed by atoms with Crippen molar-refractivity contribution < 1.29 is 0 Å². The van der Waals surface area contributed by atoms with Crippen LogP contribution in [0.4, 0.5) is 5.69 Å². The summed E-state index contributed by atoms with van der Waals surface area (Å²) >= 11 is 2.04. The van der Waals surface area contributed by atoms with Crippen LogP contribution in [0.25, 0.3) is 0 Å². The Kier molecular flexibility index (Phi) is 5.17. The molecule has 1 heterocycles. The predicted molar refractivity (Wildman–Crippen MR) is 76.5 cm³/mol. The molecule has 0 aromatic carbocycles. The van der Waals surface area contributed by atoms with Crippen LogP contribution in [0.15, 0.2) is 18.3 Å². The quantitative estimate of drug-likeness (QED) is 0.828. The minimum Gasteiger partial charge on any atom is -0.385 e. The van der Waals surface area contributed by atoms with Crippen LogP contribution in [0.1, 0.15) is 38.3 Å². The summed E-state index contributed by atoms with van der Waals surface area (Å²) in [6.45, 7) is 3.09. The van der Waals surface area contributed by atoms with Gasteiger partial charge in [0.25, 0.3) is 0 Å². The second-order valence-electron chi connectivity index (χ2n) is 4.73. The topological polar surface area (TPSA) is 24.9 Å². The molecule has 0 aliphatic heterocycles. The van der Waals surface area contributed by atoms with Gasteiger partial charge in [0.05, 0.1) is 5.69 Å². The SMILES string of the molecule is CCNc1ccnc(CSCC2CCCC2)c1. The lowest BCUT2D eigenvalue weighted by atomic mass is 10.1. The number of rotatable bonds is 6. The van der Waals surface area contributed by atoms with Crippen molar-refractivity contribution in [1.82, 2.24) is 4.98 Å². The first-order chi connectivity index (χ1) is 8.38. The monoisotopic (exact) mass is 250 g/mol. The van der Waals surface area contributed by atoms with Crippen LogP contribution in [0.5, 0.6) is 0 Å². The van der Waals surface area contributed by atoms with Gasteiger partial charge < -0.3 is 5.32 Å². The zero-order valence-corrected chi connectivity index (χ0v) is 11.4. The Labute approximate surface area is 109 Å². The van der Waals surface area contributed by atoms with Crippen LogP contribution in [-0.4, -0.2) is 17.3 Å². The third kappa shape index (κ3) is 4.23. The zero-order chi connectivity index (χ0) is 11.9. The molecule has 0 atom stereocenters. The normalized spacial score (nSPS) is 16.3. The number of pyridine rings is 1. The van der Waals surface area contributed by atoms with E-state index >= 15 is 0 Å². The van der Waals surface area contributed by atoms with Crippen LogP contribution < -0.4 is 5.32 Å². The molecule has 1 aromatic heterocycles. The maximum atomic E-state index is 4.42. The molecule has 17 heavy (non-hydrogen) atoms. The summed E-state index contributed by atoms with van der Waals surface area (Å²) < 4.78 is 0. The van der Waals surface area contributed by atoms with Crippen molar-refractivity contribution in [3.8, 4) is 0 Å². The van der Waals surface area contributed by atoms with Crippen molar-refractivity contribution in [2.45, 2.75) is 38.4 Å². The van der Waals surface area contributed by atoms with Gasteiger partial charge in [-0.25, -0.2) is 0 Å². The lowest BCUT2D eigenvalue weighted by Gasteiger charge is -2.09. The van der Waals surface area contributed by atoms with E-state index in [-0.39, 0.29) is 0 Å². The molecular formula is C14H22N2S. The molecule has 3 heteroatoms. The van der Waals surface area contributed by atoms with E-state index in [0.29, 0.717) is 0 Å². The van der Waals surface area contributed by atoms with E-state index in [2.05, 4.69) is 23.3 Å². The molecule has 1 fully saturated rings. The smallest absolute Gasteiger partial charge is 0.0523 e. The van der Waals surface area contributed by atoms with Gasteiger partial charge in [-0.05, 0) is 43.6 Å². The largest absolute Gasteiger partial charge is 0.385 e. The summed E-state index contributed by atoms with van der Waals surface area (Å²) in [5.74, 6) is 3.33. The fourth-order valence-corrected chi connectivity index (χ4v) is 3.53. The molecular weight excluding hydrogens is 228 g/mol. The van der Waals surface area contributed by atoms with E-state index in [4.69, 9.17) is 0 Å². The summed E-state index contributed by atoms with van der Waals surface area (Å²) in [6, 6.07) is 4.21. The Hall–Kier alpha value is -0.700. The molecule has 0 spiro atoms. The van der Waals surface area contributed by atoms with Gasteiger partial charge in [0.1, 0.15) is 0 Å². The molecule has 94 valence electrons. The molecule has 2 nitrogen and oxygen atoms in total. The van der Waals surface area contributed by atoms with Crippen molar-refractivity contribution in [2.75, 3.05) is 17.6 Å². The highest BCUT2D eigenvalue weighted by Gasteiger charge is 2.14. The molecule has 0 radical (unpaired) electrons. The van der Waals surface area contributed by atoms with Crippen LogP contribution in [0, 0.1) is 5.92 Å². The van der Waals surface area contributed by atoms with Gasteiger partial charge in [-0.15, -0.1) is 0 Å². The van der Waals surface area contributed by atoms with E-state index in [1.54, 1.807) is 0 Å². The molecule has 1 aliphatic rings. The van der Waals surface area contributed by atoms with E-state index < -0.39 is 0 Å². The Bertz CT molecular complexity index is 335. The van der Waals surface area contributed by atoms with Gasteiger partial charge in [-0.1, -0.05) is 12.8 Å². The predicted octanol–water partition coefficient (Wildman–Crippen LogP) is 3.94. The lowest BCUT2D eigenvalue weighted by molar-refractivity contribution is 0.623. The molecule has 0 unspecified atom stereocenters. The fraction of sp³-hybridized carbons (Fsp3) is 0.643. The first kappa shape index (κ1) is 12.7. The lowest BCUT2D eigenvalue weighted by Crippen LogP contribution is -2.00. The summed E-state index contributed by atoms with van der Waals surface area (Å²) in [7, 11) is 0. The highest BCUT2D eigenvalue weighted by Crippen LogP contribution is 2.28. The molecule has 0 saturated heterocycles. The maximum absolute atomic E-state index is 4.42. The number of thioether (sulfide) groups is 1. The Morgan fingerprint density at radius 1 is 1.41 bits per heavy atom. The van der Waals surface area contributed by atoms with E-state index in [9.17, 15) is 0 Å². The van der Waals surface area contributed by atoms with Gasteiger partial charge in [0, 0.05) is 24.2 Å². The Morgan fingerprint density at radius 3 is 3.00 bits per heavy atom. The van der Waals surface area contributed by atoms with Crippen LogP contribution in [0.2, 0.25) is 0 Å². The van der Waals surface area contributed by atoms with Crippen molar-refractivity contribution in [3.05, 3.63) is 24.0 Å². The first-order valence-electron chi connectivity index (χ1n) is 6.65. The molecule has 1 aromatic rings. The minimum absolute atomic E-state index is 0.969. The number of nitrogens with one attached hydrogen (secondary N) is 1. The number of hydrogen-bond donors (Lipinski definition) is 1. The molecule has 1 N–H and O–H groups in total. The van der Waals surface area contributed by atoms with Crippen LogP contribution in [0.3, 0.4) is 0 Å². The first-order valence-corrected chi connectivity index (χ1v) is 7.80. The number of aromatic nitrogens is 1. The van der Waals surface area contributed by atoms with Crippen molar-refractivity contribution in [1.29, 1.82) is 0 Å². The standard InChI is InChI=1S/C14H22N2S/c1-2-15-13-7-8-16-14(9-13)11-17-10-12-5-3-4-6-12/h7-9,12H,2-6,10-11H2,1H3,(H,15,16). The van der Waals surface area contributed by atoms with E-state index in [1.807, 2.05) is 24.0 Å². The van der Waals surface area contributed by atoms with Crippen molar-refractivity contribution in [2.24, 2.45) is 5.92 Å². The van der Waals surface area contributed by atoms with Gasteiger partial charge in [-0.3, -0.25) is 4.98 Å². The Balaban J connectivity index is 1.75. The summed E-state index contributed by atoms with van der Waals surface area (Å²) in [5.41, 5.74) is 2.39. The summed E-state index contributed by atoms with van der Waals surface area (Å²) in [6.07, 6.45) is 7.68. The average Bonchev–Trinajstić information content (AvgIpc) is 2.83. The van der Waals surface area contributed by atoms with Gasteiger partial charge >= 0.3 is 0 Å². The van der Waals surface area contributed by atoms with Gasteiger partial charge in [-0.2, -0.15) is 11.8 Å². The second-order valence-corrected chi connectivity index (χ2v) is 5.76. The Morgan fingerprint density at radius 2 is 2.24 bits per heavy atom. The van der Waals surface area contributed by atoms with Crippen molar-refractivity contribution in [3.63, 3.8) is 0 Å². The number of anilines is 1. The number of hydrogen-bond acceptors (Lipinski definition) is 3. The molecule has 0 amide bonds. The summed E-state index contributed by atoms with van der Waals surface area (Å²) in [5, 5.41) is 3.33. The van der Waals surface area contributed by atoms with Gasteiger partial charge in [0.15, 0.2) is 0 Å². The third-order valence-electron chi connectivity index (χ3n) is 3.28.